The van der Waals surface area contributed by atoms with E-state index in [0.29, 0.717) is 17.9 Å². The number of ether oxygens (including phenoxy) is 1. The van der Waals surface area contributed by atoms with Gasteiger partial charge in [0.15, 0.2) is 0 Å². The Balaban J connectivity index is 2.40. The summed E-state index contributed by atoms with van der Waals surface area (Å²) in [5.74, 6) is 0.138. The van der Waals surface area contributed by atoms with Gasteiger partial charge in [0, 0.05) is 11.3 Å². The van der Waals surface area contributed by atoms with Crippen LogP contribution in [0, 0.1) is 0 Å². The molecule has 0 aliphatic carbocycles. The number of amides is 1. The van der Waals surface area contributed by atoms with Crippen molar-refractivity contribution in [1.29, 1.82) is 0 Å². The first-order valence-corrected chi connectivity index (χ1v) is 6.50. The first-order valence-electron chi connectivity index (χ1n) is 6.50. The molecule has 0 aliphatic heterocycles. The molecule has 104 valence electrons. The molecule has 1 aromatic rings. The minimum atomic E-state index is -0.647. The molecule has 0 aliphatic rings. The van der Waals surface area contributed by atoms with Crippen molar-refractivity contribution in [2.24, 2.45) is 10.7 Å². The first-order chi connectivity index (χ1) is 9.13. The van der Waals surface area contributed by atoms with Crippen molar-refractivity contribution in [3.8, 4) is 0 Å². The van der Waals surface area contributed by atoms with Crippen LogP contribution in [0.5, 0.6) is 0 Å². The Bertz CT molecular complexity index is 427. The molecule has 0 bridgehead atoms. The standard InChI is InChI=1S/C14H21N3O2/c1-2-3-4-5-10-19-14(18)17-13(16)11-6-8-12(15)9-7-11/h6-9H,2-5,10,15H2,1H3,(H2,16,17,18). The minimum absolute atomic E-state index is 0.138. The van der Waals surface area contributed by atoms with E-state index in [9.17, 15) is 4.79 Å². The van der Waals surface area contributed by atoms with Crippen molar-refractivity contribution < 1.29 is 9.53 Å². The van der Waals surface area contributed by atoms with Gasteiger partial charge in [-0.05, 0) is 30.7 Å². The summed E-state index contributed by atoms with van der Waals surface area (Å²) in [5, 5.41) is 0. The summed E-state index contributed by atoms with van der Waals surface area (Å²) in [4.78, 5) is 15.1. The highest BCUT2D eigenvalue weighted by molar-refractivity contribution is 6.02. The second-order valence-corrected chi connectivity index (χ2v) is 4.29. The monoisotopic (exact) mass is 263 g/mol. The molecule has 5 heteroatoms. The number of nitrogens with zero attached hydrogens (tertiary/aromatic N) is 1. The second kappa shape index (κ2) is 8.13. The number of unbranched alkanes of at least 4 members (excludes halogenated alkanes) is 3. The Morgan fingerprint density at radius 1 is 1.21 bits per heavy atom. The fourth-order valence-corrected chi connectivity index (χ4v) is 1.54. The van der Waals surface area contributed by atoms with E-state index in [1.807, 2.05) is 0 Å². The number of nitrogen functional groups attached to an aromatic ring is 1. The summed E-state index contributed by atoms with van der Waals surface area (Å²) in [6.07, 6.45) is 3.56. The van der Waals surface area contributed by atoms with Gasteiger partial charge in [-0.15, -0.1) is 0 Å². The highest BCUT2D eigenvalue weighted by atomic mass is 16.5. The minimum Gasteiger partial charge on any atom is -0.448 e. The summed E-state index contributed by atoms with van der Waals surface area (Å²) < 4.78 is 4.97. The van der Waals surface area contributed by atoms with Crippen LogP contribution in [0.1, 0.15) is 38.2 Å². The molecule has 0 radical (unpaired) electrons. The van der Waals surface area contributed by atoms with Gasteiger partial charge in [-0.3, -0.25) is 0 Å². The SMILES string of the molecule is CCCCCCOC(=O)N=C(N)c1ccc(N)cc1. The van der Waals surface area contributed by atoms with Gasteiger partial charge >= 0.3 is 6.09 Å². The lowest BCUT2D eigenvalue weighted by molar-refractivity contribution is 0.155. The number of aliphatic imine (C=N–C) groups is 1. The third-order valence-electron chi connectivity index (χ3n) is 2.64. The predicted molar refractivity (Wildman–Crippen MR) is 77.1 cm³/mol. The molecule has 0 spiro atoms. The van der Waals surface area contributed by atoms with Gasteiger partial charge < -0.3 is 16.2 Å². The smallest absolute Gasteiger partial charge is 0.435 e. The maximum Gasteiger partial charge on any atom is 0.435 e. The Labute approximate surface area is 113 Å². The van der Waals surface area contributed by atoms with Crippen molar-refractivity contribution in [3.05, 3.63) is 29.8 Å². The van der Waals surface area contributed by atoms with Crippen LogP contribution in [-0.2, 0) is 4.74 Å². The highest BCUT2D eigenvalue weighted by Gasteiger charge is 2.04. The van der Waals surface area contributed by atoms with Gasteiger partial charge in [0.2, 0.25) is 0 Å². The Kier molecular flexibility index (Phi) is 6.43. The molecule has 1 aromatic carbocycles. The number of nitrogens with two attached hydrogens (primary N) is 2. The second-order valence-electron chi connectivity index (χ2n) is 4.29. The zero-order valence-electron chi connectivity index (χ0n) is 11.3. The van der Waals surface area contributed by atoms with E-state index in [4.69, 9.17) is 16.2 Å². The maximum absolute atomic E-state index is 11.4. The normalized spacial score (nSPS) is 11.3. The molecule has 0 saturated carbocycles. The van der Waals surface area contributed by atoms with Crippen molar-refractivity contribution >= 4 is 17.6 Å². The van der Waals surface area contributed by atoms with Gasteiger partial charge in [0.05, 0.1) is 6.61 Å². The number of hydrogen-bond acceptors (Lipinski definition) is 3. The molecular formula is C14H21N3O2. The molecule has 5 nitrogen and oxygen atoms in total. The Hall–Kier alpha value is -2.04. The molecule has 0 atom stereocenters. The summed E-state index contributed by atoms with van der Waals surface area (Å²) in [6.45, 7) is 2.51. The highest BCUT2D eigenvalue weighted by Crippen LogP contribution is 2.05. The van der Waals surface area contributed by atoms with Crippen molar-refractivity contribution in [2.75, 3.05) is 12.3 Å². The van der Waals surface area contributed by atoms with Crippen LogP contribution in [0.2, 0.25) is 0 Å². The average Bonchev–Trinajstić information content (AvgIpc) is 2.39. The van der Waals surface area contributed by atoms with E-state index in [1.54, 1.807) is 24.3 Å². The van der Waals surface area contributed by atoms with Crippen LogP contribution in [0.4, 0.5) is 10.5 Å². The number of benzene rings is 1. The van der Waals surface area contributed by atoms with Gasteiger partial charge in [0.25, 0.3) is 0 Å². The third kappa shape index (κ3) is 5.90. The molecule has 0 fully saturated rings. The van der Waals surface area contributed by atoms with Gasteiger partial charge in [0.1, 0.15) is 5.84 Å². The van der Waals surface area contributed by atoms with Gasteiger partial charge in [-0.1, -0.05) is 26.2 Å². The maximum atomic E-state index is 11.4. The first kappa shape index (κ1) is 15.0. The number of amidine groups is 1. The van der Waals surface area contributed by atoms with E-state index < -0.39 is 6.09 Å². The van der Waals surface area contributed by atoms with E-state index >= 15 is 0 Å². The third-order valence-corrected chi connectivity index (χ3v) is 2.64. The van der Waals surface area contributed by atoms with E-state index in [-0.39, 0.29) is 5.84 Å². The van der Waals surface area contributed by atoms with Crippen LogP contribution in [0.25, 0.3) is 0 Å². The van der Waals surface area contributed by atoms with Crippen LogP contribution >= 0.6 is 0 Å². The molecule has 1 amide bonds. The molecule has 1 rings (SSSR count). The van der Waals surface area contributed by atoms with Gasteiger partial charge in [-0.2, -0.15) is 4.99 Å². The summed E-state index contributed by atoms with van der Waals surface area (Å²) in [7, 11) is 0. The number of anilines is 1. The quantitative estimate of drug-likeness (QED) is 0.357. The van der Waals surface area contributed by atoms with Crippen LogP contribution in [0.3, 0.4) is 0 Å². The molecule has 19 heavy (non-hydrogen) atoms. The van der Waals surface area contributed by atoms with Crippen LogP contribution in [-0.4, -0.2) is 18.5 Å². The lowest BCUT2D eigenvalue weighted by Gasteiger charge is -2.03. The van der Waals surface area contributed by atoms with Crippen molar-refractivity contribution in [1.82, 2.24) is 0 Å². The van der Waals surface area contributed by atoms with Gasteiger partial charge in [-0.25, -0.2) is 4.79 Å². The fourth-order valence-electron chi connectivity index (χ4n) is 1.54. The van der Waals surface area contributed by atoms with E-state index in [0.717, 1.165) is 25.7 Å². The van der Waals surface area contributed by atoms with Crippen LogP contribution in [0.15, 0.2) is 29.3 Å². The Morgan fingerprint density at radius 3 is 2.53 bits per heavy atom. The van der Waals surface area contributed by atoms with E-state index in [1.165, 1.54) is 0 Å². The molecular weight excluding hydrogens is 242 g/mol. The number of hydrogen-bond donors (Lipinski definition) is 2. The topological polar surface area (TPSA) is 90.7 Å². The molecule has 0 unspecified atom stereocenters. The van der Waals surface area contributed by atoms with Crippen LogP contribution < -0.4 is 11.5 Å². The number of carbonyl (C=O) groups is 1. The number of rotatable bonds is 6. The number of carbonyl (C=O) groups excluding carboxylic acids is 1. The molecule has 0 aromatic heterocycles. The molecule has 4 N–H and O–H groups in total. The fraction of sp³-hybridized carbons (Fsp3) is 0.429. The zero-order valence-corrected chi connectivity index (χ0v) is 11.3. The summed E-state index contributed by atoms with van der Waals surface area (Å²) in [6, 6.07) is 6.83. The van der Waals surface area contributed by atoms with Crippen molar-refractivity contribution in [3.63, 3.8) is 0 Å². The Morgan fingerprint density at radius 2 is 1.89 bits per heavy atom. The summed E-state index contributed by atoms with van der Waals surface area (Å²) >= 11 is 0. The van der Waals surface area contributed by atoms with Crippen molar-refractivity contribution in [2.45, 2.75) is 32.6 Å². The lowest BCUT2D eigenvalue weighted by atomic mass is 10.2. The molecule has 0 saturated heterocycles. The predicted octanol–water partition coefficient (Wildman–Crippen LogP) is 2.69. The zero-order chi connectivity index (χ0) is 14.1. The molecule has 0 heterocycles. The summed E-state index contributed by atoms with van der Waals surface area (Å²) in [5.41, 5.74) is 12.6. The largest absolute Gasteiger partial charge is 0.448 e. The average molecular weight is 263 g/mol. The van der Waals surface area contributed by atoms with E-state index in [2.05, 4.69) is 11.9 Å². The lowest BCUT2D eigenvalue weighted by Crippen LogP contribution is -2.16.